The van der Waals surface area contributed by atoms with Crippen molar-refractivity contribution in [1.29, 1.82) is 0 Å². The van der Waals surface area contributed by atoms with Gasteiger partial charge in [0.1, 0.15) is 0 Å². The van der Waals surface area contributed by atoms with Gasteiger partial charge in [-0.15, -0.1) is 0 Å². The Labute approximate surface area is 245 Å². The predicted octanol–water partition coefficient (Wildman–Crippen LogP) is 9.29. The number of rotatable bonds is 25. The topological polar surface area (TPSA) is 38.8 Å². The minimum absolute atomic E-state index is 0.212. The second-order valence-corrected chi connectivity index (χ2v) is 10.8. The molecule has 0 saturated heterocycles. The summed E-state index contributed by atoms with van der Waals surface area (Å²) in [6, 6.07) is 20.3. The Kier molecular flexibility index (Phi) is 20.6. The van der Waals surface area contributed by atoms with Gasteiger partial charge in [0.15, 0.2) is 0 Å². The van der Waals surface area contributed by atoms with E-state index in [1.54, 1.807) is 0 Å². The molecule has 2 rings (SSSR count). The molecule has 1 amide bonds. The lowest BCUT2D eigenvalue weighted by Crippen LogP contribution is -2.36. The van der Waals surface area contributed by atoms with Crippen LogP contribution in [-0.2, 0) is 27.5 Å². The number of amides is 1. The van der Waals surface area contributed by atoms with Crippen molar-refractivity contribution in [2.45, 2.75) is 110 Å². The second-order valence-electron chi connectivity index (χ2n) is 10.8. The van der Waals surface area contributed by atoms with Gasteiger partial charge in [-0.1, -0.05) is 131 Å². The summed E-state index contributed by atoms with van der Waals surface area (Å²) in [5.74, 6) is 0.212. The molecule has 4 nitrogen and oxygen atoms in total. The predicted molar refractivity (Wildman–Crippen MR) is 168 cm³/mol. The summed E-state index contributed by atoms with van der Waals surface area (Å²) >= 11 is 0. The highest BCUT2D eigenvalue weighted by Crippen LogP contribution is 2.11. The Balaban J connectivity index is 1.57. The minimum Gasteiger partial charge on any atom is -0.375 e. The zero-order valence-corrected chi connectivity index (χ0v) is 25.2. The third-order valence-electron chi connectivity index (χ3n) is 7.24. The largest absolute Gasteiger partial charge is 0.375 e. The molecule has 4 heteroatoms. The first kappa shape index (κ1) is 33.8. The third kappa shape index (κ3) is 18.0. The number of hydrogen-bond donors (Lipinski definition) is 0. The highest BCUT2D eigenvalue weighted by atomic mass is 16.5. The van der Waals surface area contributed by atoms with Gasteiger partial charge in [-0.25, -0.2) is 0 Å². The van der Waals surface area contributed by atoms with E-state index in [-0.39, 0.29) is 5.91 Å². The number of ether oxygens (including phenoxy) is 2. The Morgan fingerprint density at radius 3 is 1.57 bits per heavy atom. The van der Waals surface area contributed by atoms with Crippen LogP contribution in [0.3, 0.4) is 0 Å². The molecule has 0 atom stereocenters. The van der Waals surface area contributed by atoms with Gasteiger partial charge in [0.25, 0.3) is 0 Å². The van der Waals surface area contributed by atoms with E-state index in [4.69, 9.17) is 9.47 Å². The molecule has 0 heterocycles. The summed E-state index contributed by atoms with van der Waals surface area (Å²) in [4.78, 5) is 14.9. The van der Waals surface area contributed by atoms with Gasteiger partial charge in [0.05, 0.1) is 26.4 Å². The van der Waals surface area contributed by atoms with Crippen LogP contribution < -0.4 is 0 Å². The summed E-state index contributed by atoms with van der Waals surface area (Å²) < 4.78 is 11.7. The van der Waals surface area contributed by atoms with Crippen LogP contribution >= 0.6 is 0 Å². The zero-order valence-electron chi connectivity index (χ0n) is 25.2. The molecule has 0 fully saturated rings. The molecule has 0 bridgehead atoms. The number of benzene rings is 2. The van der Waals surface area contributed by atoms with Gasteiger partial charge >= 0.3 is 0 Å². The molecule has 0 radical (unpaired) electrons. The van der Waals surface area contributed by atoms with Crippen molar-refractivity contribution in [3.05, 3.63) is 83.9 Å². The van der Waals surface area contributed by atoms with Gasteiger partial charge < -0.3 is 14.4 Å². The molecular weight excluding hydrogens is 494 g/mol. The van der Waals surface area contributed by atoms with Crippen LogP contribution in [0, 0.1) is 0 Å². The Bertz CT molecular complexity index is 821. The lowest BCUT2D eigenvalue weighted by molar-refractivity contribution is -0.133. The first-order valence-corrected chi connectivity index (χ1v) is 16.0. The van der Waals surface area contributed by atoms with Crippen LogP contribution in [0.1, 0.15) is 108 Å². The van der Waals surface area contributed by atoms with Crippen molar-refractivity contribution >= 4 is 5.91 Å². The number of carbonyl (C=O) groups excluding carboxylic acids is 1. The molecule has 40 heavy (non-hydrogen) atoms. The molecule has 0 aliphatic heterocycles. The molecule has 2 aromatic carbocycles. The monoisotopic (exact) mass is 549 g/mol. The van der Waals surface area contributed by atoms with Crippen molar-refractivity contribution in [3.8, 4) is 0 Å². The first-order chi connectivity index (χ1) is 19.8. The maximum Gasteiger partial charge on any atom is 0.222 e. The normalized spacial score (nSPS) is 11.3. The fourth-order valence-electron chi connectivity index (χ4n) is 4.74. The maximum absolute atomic E-state index is 13.0. The fraction of sp³-hybridized carbons (Fsp3) is 0.583. The van der Waals surface area contributed by atoms with Gasteiger partial charge in [-0.05, 0) is 43.2 Å². The molecular formula is C36H55NO3. The summed E-state index contributed by atoms with van der Waals surface area (Å²) in [5, 5.41) is 0. The van der Waals surface area contributed by atoms with Crippen molar-refractivity contribution in [2.75, 3.05) is 26.3 Å². The molecule has 0 aromatic heterocycles. The lowest BCUT2D eigenvalue weighted by Gasteiger charge is -2.23. The van der Waals surface area contributed by atoms with E-state index < -0.39 is 0 Å². The SMILES string of the molecule is CCCCCCCC/C=C\CCCCCCCC(=O)N(CCOCc1ccccc1)CCOCc1ccccc1. The third-order valence-corrected chi connectivity index (χ3v) is 7.24. The Hall–Kier alpha value is -2.43. The lowest BCUT2D eigenvalue weighted by atomic mass is 10.1. The number of unbranched alkanes of at least 4 members (excludes halogenated alkanes) is 11. The molecule has 0 aliphatic rings. The maximum atomic E-state index is 13.0. The standard InChI is InChI=1S/C36H55NO3/c1-2-3-4-5-6-7-8-9-10-11-12-13-14-15-22-27-36(38)37(28-30-39-32-34-23-18-16-19-24-34)29-31-40-33-35-25-20-17-21-26-35/h9-10,16-21,23-26H,2-8,11-15,22,27-33H2,1H3/b10-9-. The average molecular weight is 550 g/mol. The molecule has 0 N–H and O–H groups in total. The summed E-state index contributed by atoms with van der Waals surface area (Å²) in [6.07, 6.45) is 21.8. The molecule has 2 aromatic rings. The molecule has 0 spiro atoms. The minimum atomic E-state index is 0.212. The average Bonchev–Trinajstić information content (AvgIpc) is 2.99. The van der Waals surface area contributed by atoms with Crippen LogP contribution in [0.2, 0.25) is 0 Å². The van der Waals surface area contributed by atoms with E-state index in [1.165, 1.54) is 70.6 Å². The smallest absolute Gasteiger partial charge is 0.222 e. The van der Waals surface area contributed by atoms with E-state index in [0.29, 0.717) is 45.9 Å². The van der Waals surface area contributed by atoms with Crippen molar-refractivity contribution < 1.29 is 14.3 Å². The van der Waals surface area contributed by atoms with Gasteiger partial charge in [0, 0.05) is 19.5 Å². The molecule has 0 saturated carbocycles. The fourth-order valence-corrected chi connectivity index (χ4v) is 4.74. The van der Waals surface area contributed by atoms with Crippen LogP contribution in [0.5, 0.6) is 0 Å². The van der Waals surface area contributed by atoms with Crippen molar-refractivity contribution in [2.24, 2.45) is 0 Å². The zero-order chi connectivity index (χ0) is 28.4. The van der Waals surface area contributed by atoms with E-state index >= 15 is 0 Å². The van der Waals surface area contributed by atoms with Gasteiger partial charge in [-0.2, -0.15) is 0 Å². The first-order valence-electron chi connectivity index (χ1n) is 16.0. The Morgan fingerprint density at radius 2 is 1.07 bits per heavy atom. The number of nitrogens with zero attached hydrogens (tertiary/aromatic N) is 1. The quantitative estimate of drug-likeness (QED) is 0.0915. The highest BCUT2D eigenvalue weighted by Gasteiger charge is 2.13. The van der Waals surface area contributed by atoms with Crippen LogP contribution in [0.15, 0.2) is 72.8 Å². The summed E-state index contributed by atoms with van der Waals surface area (Å²) in [7, 11) is 0. The van der Waals surface area contributed by atoms with Crippen LogP contribution in [0.25, 0.3) is 0 Å². The van der Waals surface area contributed by atoms with Crippen LogP contribution in [0.4, 0.5) is 0 Å². The van der Waals surface area contributed by atoms with Gasteiger partial charge in [0.2, 0.25) is 5.91 Å². The number of carbonyl (C=O) groups is 1. The molecule has 222 valence electrons. The summed E-state index contributed by atoms with van der Waals surface area (Å²) in [5.41, 5.74) is 2.31. The Morgan fingerprint density at radius 1 is 0.625 bits per heavy atom. The molecule has 0 unspecified atom stereocenters. The summed E-state index contributed by atoms with van der Waals surface area (Å²) in [6.45, 7) is 5.69. The van der Waals surface area contributed by atoms with E-state index in [2.05, 4.69) is 43.3 Å². The van der Waals surface area contributed by atoms with Crippen LogP contribution in [-0.4, -0.2) is 37.1 Å². The number of hydrogen-bond acceptors (Lipinski definition) is 3. The van der Waals surface area contributed by atoms with E-state index in [1.807, 2.05) is 41.3 Å². The van der Waals surface area contributed by atoms with Gasteiger partial charge in [-0.3, -0.25) is 4.79 Å². The number of allylic oxidation sites excluding steroid dienone is 2. The van der Waals surface area contributed by atoms with E-state index in [9.17, 15) is 4.79 Å². The van der Waals surface area contributed by atoms with Crippen molar-refractivity contribution in [3.63, 3.8) is 0 Å². The van der Waals surface area contributed by atoms with Crippen molar-refractivity contribution in [1.82, 2.24) is 4.90 Å². The highest BCUT2D eigenvalue weighted by molar-refractivity contribution is 5.76. The van der Waals surface area contributed by atoms with E-state index in [0.717, 1.165) is 24.0 Å². The second kappa shape index (κ2) is 24.4. The molecule has 0 aliphatic carbocycles.